The monoisotopic (exact) mass is 681 g/mol. The van der Waals surface area contributed by atoms with Crippen LogP contribution in [-0.4, -0.2) is 85.9 Å². The highest BCUT2D eigenvalue weighted by Crippen LogP contribution is 2.41. The minimum Gasteiger partial charge on any atom is -0.494 e. The number of likely N-dealkylation sites (N-methyl/N-ethyl adjacent to an activating group) is 1. The lowest BCUT2D eigenvalue weighted by molar-refractivity contribution is 0.315. The number of sulfonamides is 1. The Balaban J connectivity index is 1.31. The van der Waals surface area contributed by atoms with Gasteiger partial charge in [0.15, 0.2) is 0 Å². The van der Waals surface area contributed by atoms with Crippen molar-refractivity contribution in [2.24, 2.45) is 0 Å². The summed E-state index contributed by atoms with van der Waals surface area (Å²) in [5, 5.41) is 6.24. The quantitative estimate of drug-likeness (QED) is 0.233. The zero-order valence-corrected chi connectivity index (χ0v) is 27.8. The summed E-state index contributed by atoms with van der Waals surface area (Å²) in [4.78, 5) is 22.8. The maximum atomic E-state index is 13.3. The van der Waals surface area contributed by atoms with Gasteiger partial charge in [-0.2, -0.15) is 4.98 Å². The third-order valence-corrected chi connectivity index (χ3v) is 11.1. The smallest absolute Gasteiger partial charge is 0.237 e. The van der Waals surface area contributed by atoms with Crippen LogP contribution in [0.1, 0.15) is 24.8 Å². The van der Waals surface area contributed by atoms with Crippen molar-refractivity contribution in [3.63, 3.8) is 0 Å². The molecule has 2 aliphatic rings. The predicted octanol–water partition coefficient (Wildman–Crippen LogP) is 5.06. The van der Waals surface area contributed by atoms with E-state index in [0.29, 0.717) is 63.3 Å². The molecule has 0 spiro atoms. The van der Waals surface area contributed by atoms with Gasteiger partial charge in [-0.05, 0) is 80.0 Å². The molecular formula is C30H36BrN9O3S. The Morgan fingerprint density at radius 1 is 1.02 bits per heavy atom. The van der Waals surface area contributed by atoms with Gasteiger partial charge in [0.2, 0.25) is 16.0 Å². The second-order valence-corrected chi connectivity index (χ2v) is 14.5. The third-order valence-electron chi connectivity index (χ3n) is 8.25. The van der Waals surface area contributed by atoms with Crippen molar-refractivity contribution in [1.82, 2.24) is 24.8 Å². The summed E-state index contributed by atoms with van der Waals surface area (Å²) in [5.41, 5.74) is 5.00. The molecule has 232 valence electrons. The van der Waals surface area contributed by atoms with Crippen LogP contribution in [0.25, 0.3) is 11.0 Å². The van der Waals surface area contributed by atoms with E-state index in [4.69, 9.17) is 9.72 Å². The molecule has 1 saturated heterocycles. The average Bonchev–Trinajstić information content (AvgIpc) is 3.76. The van der Waals surface area contributed by atoms with E-state index in [2.05, 4.69) is 78.4 Å². The molecule has 0 radical (unpaired) electrons. The van der Waals surface area contributed by atoms with Gasteiger partial charge >= 0.3 is 0 Å². The molecular weight excluding hydrogens is 646 g/mol. The highest BCUT2D eigenvalue weighted by atomic mass is 79.9. The lowest BCUT2D eigenvalue weighted by Crippen LogP contribution is -2.31. The van der Waals surface area contributed by atoms with Crippen molar-refractivity contribution in [3.8, 4) is 5.75 Å². The van der Waals surface area contributed by atoms with Crippen molar-refractivity contribution in [1.29, 1.82) is 0 Å². The summed E-state index contributed by atoms with van der Waals surface area (Å²) >= 11 is 3.55. The number of ether oxygens (including phenoxy) is 1. The van der Waals surface area contributed by atoms with E-state index in [1.165, 1.54) is 4.31 Å². The fourth-order valence-corrected chi connectivity index (χ4v) is 7.50. The van der Waals surface area contributed by atoms with Gasteiger partial charge < -0.3 is 25.2 Å². The fourth-order valence-electron chi connectivity index (χ4n) is 5.59. The van der Waals surface area contributed by atoms with Gasteiger partial charge in [0.1, 0.15) is 22.8 Å². The van der Waals surface area contributed by atoms with E-state index in [1.807, 2.05) is 6.07 Å². The first-order chi connectivity index (χ1) is 21.1. The number of aryl methyl sites for hydroxylation is 1. The Morgan fingerprint density at radius 2 is 1.80 bits per heavy atom. The van der Waals surface area contributed by atoms with E-state index in [-0.39, 0.29) is 0 Å². The van der Waals surface area contributed by atoms with Crippen molar-refractivity contribution >= 4 is 71.5 Å². The summed E-state index contributed by atoms with van der Waals surface area (Å²) in [5.74, 6) is 1.47. The maximum Gasteiger partial charge on any atom is 0.237 e. The maximum absolute atomic E-state index is 13.3. The number of hydrogen-bond acceptors (Lipinski definition) is 11. The van der Waals surface area contributed by atoms with Crippen LogP contribution in [0.3, 0.4) is 0 Å². The second-order valence-electron chi connectivity index (χ2n) is 11.4. The fraction of sp³-hybridized carbons (Fsp3) is 0.400. The Morgan fingerprint density at radius 3 is 2.50 bits per heavy atom. The second kappa shape index (κ2) is 12.0. The molecule has 0 bridgehead atoms. The van der Waals surface area contributed by atoms with Gasteiger partial charge in [-0.3, -0.25) is 14.3 Å². The number of aromatic nitrogens is 4. The minimum absolute atomic E-state index is 0.344. The third kappa shape index (κ3) is 5.85. The molecule has 14 heteroatoms. The first-order valence-corrected chi connectivity index (χ1v) is 16.7. The summed E-state index contributed by atoms with van der Waals surface area (Å²) < 4.78 is 34.3. The summed E-state index contributed by atoms with van der Waals surface area (Å²) in [7, 11) is 3.90. The largest absolute Gasteiger partial charge is 0.494 e. The van der Waals surface area contributed by atoms with Gasteiger partial charge in [-0.15, -0.1) is 0 Å². The van der Waals surface area contributed by atoms with E-state index in [0.717, 1.165) is 36.4 Å². The lowest BCUT2D eigenvalue weighted by Gasteiger charge is -2.25. The van der Waals surface area contributed by atoms with Gasteiger partial charge in [-0.25, -0.2) is 13.4 Å². The van der Waals surface area contributed by atoms with E-state index >= 15 is 0 Å². The number of benzene rings is 2. The summed E-state index contributed by atoms with van der Waals surface area (Å²) in [6, 6.07) is 8.22. The van der Waals surface area contributed by atoms with E-state index < -0.39 is 15.3 Å². The van der Waals surface area contributed by atoms with Crippen LogP contribution in [0.4, 0.5) is 34.5 Å². The van der Waals surface area contributed by atoms with Crippen molar-refractivity contribution in [3.05, 3.63) is 52.9 Å². The molecule has 2 aromatic heterocycles. The number of nitrogens with one attached hydrogen (secondary N) is 2. The van der Waals surface area contributed by atoms with Crippen molar-refractivity contribution < 1.29 is 13.2 Å². The highest BCUT2D eigenvalue weighted by Gasteiger charge is 2.40. The van der Waals surface area contributed by atoms with E-state index in [9.17, 15) is 8.42 Å². The highest BCUT2D eigenvalue weighted by molar-refractivity contribution is 9.10. The zero-order chi connectivity index (χ0) is 31.2. The van der Waals surface area contributed by atoms with Crippen LogP contribution in [0.5, 0.6) is 5.75 Å². The molecule has 6 rings (SSSR count). The van der Waals surface area contributed by atoms with Crippen LogP contribution in [0, 0.1) is 6.92 Å². The molecule has 2 N–H and O–H groups in total. The number of anilines is 6. The Hall–Kier alpha value is -3.75. The van der Waals surface area contributed by atoms with Gasteiger partial charge in [0, 0.05) is 56.5 Å². The first-order valence-electron chi connectivity index (χ1n) is 14.4. The molecule has 12 nitrogen and oxygen atoms in total. The summed E-state index contributed by atoms with van der Waals surface area (Å²) in [6.07, 6.45) is 7.20. The number of nitrogens with zero attached hydrogens (tertiary/aromatic N) is 7. The van der Waals surface area contributed by atoms with Gasteiger partial charge in [0.05, 0.1) is 33.7 Å². The predicted molar refractivity (Wildman–Crippen MR) is 178 cm³/mol. The molecule has 1 unspecified atom stereocenters. The van der Waals surface area contributed by atoms with Crippen LogP contribution < -0.4 is 24.6 Å². The number of halogens is 1. The van der Waals surface area contributed by atoms with Gasteiger partial charge in [0.25, 0.3) is 0 Å². The Labute approximate surface area is 266 Å². The van der Waals surface area contributed by atoms with Crippen LogP contribution in [0.2, 0.25) is 0 Å². The SMILES string of the molecule is COc1cc(N2CCC(N(C)C)C2)c(C)cc1Nc1ncc(Br)c(Nc2ccc3nccnc3c2N(C)S(=O)(=O)C2CC2)n1. The number of methoxy groups -OCH3 is 1. The number of rotatable bonds is 10. The van der Waals surface area contributed by atoms with Crippen LogP contribution >= 0.6 is 15.9 Å². The average molecular weight is 683 g/mol. The Kier molecular flexibility index (Phi) is 8.24. The molecule has 44 heavy (non-hydrogen) atoms. The topological polar surface area (TPSA) is 129 Å². The molecule has 1 atom stereocenters. The molecule has 0 amide bonds. The molecule has 1 aliphatic carbocycles. The van der Waals surface area contributed by atoms with Crippen LogP contribution in [0.15, 0.2) is 47.3 Å². The van der Waals surface area contributed by atoms with E-state index in [1.54, 1.807) is 44.9 Å². The minimum atomic E-state index is -3.56. The molecule has 1 saturated carbocycles. The van der Waals surface area contributed by atoms with Crippen LogP contribution in [-0.2, 0) is 10.0 Å². The lowest BCUT2D eigenvalue weighted by atomic mass is 10.1. The Bertz CT molecular complexity index is 1820. The molecule has 4 aromatic rings. The van der Waals surface area contributed by atoms with Gasteiger partial charge in [-0.1, -0.05) is 0 Å². The number of hydrogen-bond donors (Lipinski definition) is 2. The van der Waals surface area contributed by atoms with Crippen molar-refractivity contribution in [2.75, 3.05) is 61.2 Å². The molecule has 2 fully saturated rings. The summed E-state index contributed by atoms with van der Waals surface area (Å²) in [6.45, 7) is 4.05. The number of fused-ring (bicyclic) bond motifs is 1. The first kappa shape index (κ1) is 30.3. The normalized spacial score (nSPS) is 16.9. The zero-order valence-electron chi connectivity index (χ0n) is 25.4. The standard InChI is InChI=1S/C30H36BrN9O3S/c1-18-14-24(26(43-5)15-25(18)40-13-10-19(17-40)38(2)3)36-30-34-16-21(31)29(37-30)35-23-9-8-22-27(33-12-11-32-22)28(23)39(4)44(41,42)20-6-7-20/h8-9,11-12,14-16,19-20H,6-7,10,13,17H2,1-5H3,(H2,34,35,36,37). The molecule has 1 aliphatic heterocycles. The van der Waals surface area contributed by atoms with Crippen molar-refractivity contribution in [2.45, 2.75) is 37.5 Å². The molecule has 3 heterocycles. The molecule has 2 aromatic carbocycles.